The summed E-state index contributed by atoms with van der Waals surface area (Å²) in [6.45, 7) is 1.47. The average molecular weight is 131 g/mol. The summed E-state index contributed by atoms with van der Waals surface area (Å²) in [6, 6.07) is 0. The third-order valence-corrected chi connectivity index (χ3v) is 1.24. The second-order valence-corrected chi connectivity index (χ2v) is 2.31. The van der Waals surface area contributed by atoms with Crippen LogP contribution >= 0.6 is 11.8 Å². The fraction of sp³-hybridized carbons (Fsp3) is 0.500. The SMILES string of the molecule is CC(SC#N)C(=O)O. The first-order valence-corrected chi connectivity index (χ1v) is 2.84. The Morgan fingerprint density at radius 2 is 2.50 bits per heavy atom. The van der Waals surface area contributed by atoms with Crippen LogP contribution in [0.1, 0.15) is 6.92 Å². The number of hydrogen-bond acceptors (Lipinski definition) is 3. The fourth-order valence-electron chi connectivity index (χ4n) is 0.129. The summed E-state index contributed by atoms with van der Waals surface area (Å²) < 4.78 is 0. The van der Waals surface area contributed by atoms with E-state index in [0.29, 0.717) is 0 Å². The number of hydrogen-bond donors (Lipinski definition) is 1. The molecule has 0 bridgehead atoms. The van der Waals surface area contributed by atoms with Gasteiger partial charge in [0, 0.05) is 0 Å². The van der Waals surface area contributed by atoms with Crippen molar-refractivity contribution in [3.05, 3.63) is 0 Å². The number of carboxylic acid groups (broad SMARTS) is 1. The van der Waals surface area contributed by atoms with Crippen molar-refractivity contribution in [2.75, 3.05) is 0 Å². The van der Waals surface area contributed by atoms with Crippen LogP contribution in [0.4, 0.5) is 0 Å². The van der Waals surface area contributed by atoms with Crippen LogP contribution in [0.3, 0.4) is 0 Å². The molecule has 0 saturated carbocycles. The lowest BCUT2D eigenvalue weighted by Crippen LogP contribution is -2.09. The number of aliphatic carboxylic acids is 1. The fourth-order valence-corrected chi connectivity index (χ4v) is 0.388. The van der Waals surface area contributed by atoms with Crippen molar-refractivity contribution < 1.29 is 9.90 Å². The van der Waals surface area contributed by atoms with Crippen LogP contribution in [0.5, 0.6) is 0 Å². The van der Waals surface area contributed by atoms with Gasteiger partial charge < -0.3 is 5.11 Å². The molecule has 0 heterocycles. The normalized spacial score (nSPS) is 12.0. The molecule has 4 heteroatoms. The van der Waals surface area contributed by atoms with Crippen molar-refractivity contribution in [3.8, 4) is 5.40 Å². The topological polar surface area (TPSA) is 61.1 Å². The lowest BCUT2D eigenvalue weighted by atomic mass is 10.5. The van der Waals surface area contributed by atoms with E-state index in [-0.39, 0.29) is 0 Å². The maximum atomic E-state index is 9.92. The van der Waals surface area contributed by atoms with Gasteiger partial charge in [0.15, 0.2) is 0 Å². The molecule has 0 rings (SSSR count). The molecule has 0 fully saturated rings. The van der Waals surface area contributed by atoms with Crippen molar-refractivity contribution >= 4 is 17.7 Å². The van der Waals surface area contributed by atoms with Gasteiger partial charge in [-0.05, 0) is 18.7 Å². The molecule has 0 aromatic heterocycles. The van der Waals surface area contributed by atoms with Crippen LogP contribution in [-0.4, -0.2) is 16.3 Å². The van der Waals surface area contributed by atoms with Gasteiger partial charge in [0.2, 0.25) is 0 Å². The number of thiocyanates is 1. The monoisotopic (exact) mass is 131 g/mol. The molecule has 0 saturated heterocycles. The quantitative estimate of drug-likeness (QED) is 0.559. The van der Waals surface area contributed by atoms with E-state index in [1.165, 1.54) is 6.92 Å². The lowest BCUT2D eigenvalue weighted by Gasteiger charge is -1.93. The van der Waals surface area contributed by atoms with E-state index in [2.05, 4.69) is 0 Å². The van der Waals surface area contributed by atoms with E-state index >= 15 is 0 Å². The van der Waals surface area contributed by atoms with Gasteiger partial charge in [-0.1, -0.05) is 0 Å². The van der Waals surface area contributed by atoms with Crippen molar-refractivity contribution in [1.29, 1.82) is 5.26 Å². The van der Waals surface area contributed by atoms with Gasteiger partial charge in [-0.25, -0.2) is 0 Å². The Morgan fingerprint density at radius 1 is 2.00 bits per heavy atom. The Bertz CT molecular complexity index is 128. The predicted octanol–water partition coefficient (Wildman–Crippen LogP) is 0.674. The first-order chi connectivity index (χ1) is 3.68. The van der Waals surface area contributed by atoms with Gasteiger partial charge >= 0.3 is 5.97 Å². The molecule has 1 unspecified atom stereocenters. The minimum absolute atomic E-state index is 0.611. The summed E-state index contributed by atoms with van der Waals surface area (Å²) in [5.41, 5.74) is 0. The Morgan fingerprint density at radius 3 is 2.62 bits per heavy atom. The van der Waals surface area contributed by atoms with Gasteiger partial charge in [-0.2, -0.15) is 5.26 Å². The maximum absolute atomic E-state index is 9.92. The summed E-state index contributed by atoms with van der Waals surface area (Å²) in [4.78, 5) is 9.92. The lowest BCUT2D eigenvalue weighted by molar-refractivity contribution is -0.136. The van der Waals surface area contributed by atoms with Crippen LogP contribution in [0, 0.1) is 10.7 Å². The van der Waals surface area contributed by atoms with Gasteiger partial charge in [0.1, 0.15) is 10.7 Å². The van der Waals surface area contributed by atoms with Crippen molar-refractivity contribution in [2.24, 2.45) is 0 Å². The molecule has 44 valence electrons. The molecule has 0 aliphatic carbocycles. The molecule has 0 amide bonds. The zero-order valence-electron chi connectivity index (χ0n) is 4.29. The number of rotatable bonds is 2. The van der Waals surface area contributed by atoms with Crippen LogP contribution in [-0.2, 0) is 4.79 Å². The molecule has 1 atom stereocenters. The number of nitriles is 1. The Balaban J connectivity index is 3.52. The van der Waals surface area contributed by atoms with Crippen LogP contribution in [0.25, 0.3) is 0 Å². The van der Waals surface area contributed by atoms with E-state index < -0.39 is 11.2 Å². The number of thioether (sulfide) groups is 1. The van der Waals surface area contributed by atoms with Gasteiger partial charge in [-0.15, -0.1) is 0 Å². The Kier molecular flexibility index (Phi) is 3.04. The molecule has 0 aliphatic heterocycles. The minimum atomic E-state index is -0.948. The van der Waals surface area contributed by atoms with E-state index in [0.717, 1.165) is 11.8 Å². The molecule has 0 radical (unpaired) electrons. The third-order valence-electron chi connectivity index (χ3n) is 0.577. The first kappa shape index (κ1) is 7.31. The van der Waals surface area contributed by atoms with Gasteiger partial charge in [0.05, 0.1) is 0 Å². The first-order valence-electron chi connectivity index (χ1n) is 1.96. The molecular formula is C4H5NO2S. The van der Waals surface area contributed by atoms with Crippen LogP contribution < -0.4 is 0 Å². The standard InChI is InChI=1S/C4H5NO2S/c1-3(4(6)7)8-2-5/h3H,1H3,(H,6,7). The van der Waals surface area contributed by atoms with E-state index in [1.54, 1.807) is 5.40 Å². The minimum Gasteiger partial charge on any atom is -0.480 e. The van der Waals surface area contributed by atoms with E-state index in [9.17, 15) is 4.79 Å². The zero-order chi connectivity index (χ0) is 6.57. The van der Waals surface area contributed by atoms with Crippen molar-refractivity contribution in [2.45, 2.75) is 12.2 Å². The second kappa shape index (κ2) is 3.33. The molecule has 0 aromatic rings. The smallest absolute Gasteiger partial charge is 0.317 e. The van der Waals surface area contributed by atoms with E-state index in [1.807, 2.05) is 0 Å². The molecule has 0 aliphatic rings. The van der Waals surface area contributed by atoms with Crippen molar-refractivity contribution in [1.82, 2.24) is 0 Å². The summed E-state index contributed by atoms with van der Waals surface area (Å²) >= 11 is 0.745. The Labute approximate surface area is 51.3 Å². The highest BCUT2D eigenvalue weighted by atomic mass is 32.2. The molecule has 0 spiro atoms. The average Bonchev–Trinajstić information content (AvgIpc) is 1.67. The van der Waals surface area contributed by atoms with Gasteiger partial charge in [0.25, 0.3) is 0 Å². The van der Waals surface area contributed by atoms with Crippen LogP contribution in [0.15, 0.2) is 0 Å². The summed E-state index contributed by atoms with van der Waals surface area (Å²) in [5.74, 6) is -0.948. The summed E-state index contributed by atoms with van der Waals surface area (Å²) in [6.07, 6.45) is 0. The van der Waals surface area contributed by atoms with E-state index in [4.69, 9.17) is 10.4 Å². The highest BCUT2D eigenvalue weighted by Gasteiger charge is 2.09. The Hall–Kier alpha value is -0.690. The number of carboxylic acids is 1. The highest BCUT2D eigenvalue weighted by molar-refractivity contribution is 8.04. The number of carbonyl (C=O) groups is 1. The summed E-state index contributed by atoms with van der Waals surface area (Å²) in [7, 11) is 0. The van der Waals surface area contributed by atoms with Crippen molar-refractivity contribution in [3.63, 3.8) is 0 Å². The second-order valence-electron chi connectivity index (χ2n) is 1.19. The molecule has 8 heavy (non-hydrogen) atoms. The molecule has 0 aromatic carbocycles. The maximum Gasteiger partial charge on any atom is 0.317 e. The summed E-state index contributed by atoms with van der Waals surface area (Å²) in [5, 5.41) is 17.1. The molecule has 1 N–H and O–H groups in total. The largest absolute Gasteiger partial charge is 0.480 e. The molecule has 3 nitrogen and oxygen atoms in total. The van der Waals surface area contributed by atoms with Gasteiger partial charge in [-0.3, -0.25) is 4.79 Å². The molecular weight excluding hydrogens is 126 g/mol. The predicted molar refractivity (Wildman–Crippen MR) is 30.3 cm³/mol. The third kappa shape index (κ3) is 2.48. The van der Waals surface area contributed by atoms with Crippen LogP contribution in [0.2, 0.25) is 0 Å². The zero-order valence-corrected chi connectivity index (χ0v) is 5.10. The number of nitrogens with zero attached hydrogens (tertiary/aromatic N) is 1. The highest BCUT2D eigenvalue weighted by Crippen LogP contribution is 2.06.